The van der Waals surface area contributed by atoms with E-state index in [4.69, 9.17) is 5.11 Å². The molecule has 0 unspecified atom stereocenters. The fourth-order valence-corrected chi connectivity index (χ4v) is 2.92. The van der Waals surface area contributed by atoms with Crippen LogP contribution in [0.15, 0.2) is 12.1 Å². The number of nitrogens with zero attached hydrogens (tertiary/aromatic N) is 2. The smallest absolute Gasteiger partial charge is 0.471 e. The number of hydrogen-bond acceptors (Lipinski definition) is 4. The average Bonchev–Trinajstić information content (AvgIpc) is 2.74. The van der Waals surface area contributed by atoms with E-state index in [0.29, 0.717) is 10.6 Å². The van der Waals surface area contributed by atoms with Gasteiger partial charge in [0.15, 0.2) is 0 Å². The first-order valence-corrected chi connectivity index (χ1v) is 6.43. The lowest BCUT2D eigenvalue weighted by Crippen LogP contribution is -2.39. The Balaban J connectivity index is 2.69. The topological polar surface area (TPSA) is 70.5 Å². The van der Waals surface area contributed by atoms with Crippen LogP contribution in [0.3, 0.4) is 0 Å². The normalized spacial score (nSPS) is 11.7. The number of pyridine rings is 1. The van der Waals surface area contributed by atoms with Crippen LogP contribution in [0.25, 0.3) is 10.2 Å². The van der Waals surface area contributed by atoms with Crippen LogP contribution in [-0.4, -0.2) is 35.2 Å². The molecule has 0 saturated carbocycles. The predicted molar refractivity (Wildman–Crippen MR) is 70.8 cm³/mol. The molecule has 0 atom stereocenters. The van der Waals surface area contributed by atoms with Crippen molar-refractivity contribution in [3.8, 4) is 0 Å². The Morgan fingerprint density at radius 1 is 1.33 bits per heavy atom. The lowest BCUT2D eigenvalue weighted by molar-refractivity contribution is -0.170. The zero-order valence-electron chi connectivity index (χ0n) is 10.9. The van der Waals surface area contributed by atoms with Crippen molar-refractivity contribution < 1.29 is 27.9 Å². The fourth-order valence-electron chi connectivity index (χ4n) is 1.83. The third-order valence-electron chi connectivity index (χ3n) is 2.75. The number of alkyl halides is 3. The van der Waals surface area contributed by atoms with E-state index < -0.39 is 18.1 Å². The van der Waals surface area contributed by atoms with Gasteiger partial charge < -0.3 is 10.0 Å². The highest BCUT2D eigenvalue weighted by molar-refractivity contribution is 7.21. The maximum absolute atomic E-state index is 12.5. The van der Waals surface area contributed by atoms with Crippen molar-refractivity contribution in [2.45, 2.75) is 13.1 Å². The molecular formula is C12H9F3N2O3S. The summed E-state index contributed by atoms with van der Waals surface area (Å²) in [6.07, 6.45) is -5.09. The highest BCUT2D eigenvalue weighted by atomic mass is 32.1. The van der Waals surface area contributed by atoms with E-state index in [1.807, 2.05) is 0 Å². The van der Waals surface area contributed by atoms with Crippen LogP contribution in [0, 0.1) is 6.92 Å². The first kappa shape index (κ1) is 15.2. The van der Waals surface area contributed by atoms with E-state index in [1.54, 1.807) is 6.92 Å². The second-order valence-electron chi connectivity index (χ2n) is 4.25. The maximum Gasteiger partial charge on any atom is 0.471 e. The van der Waals surface area contributed by atoms with E-state index in [-0.39, 0.29) is 20.8 Å². The molecule has 0 radical (unpaired) electrons. The molecule has 2 aromatic rings. The van der Waals surface area contributed by atoms with Crippen molar-refractivity contribution in [1.82, 2.24) is 4.98 Å². The molecule has 0 aliphatic carbocycles. The number of hydrogen-bond donors (Lipinski definition) is 1. The zero-order valence-corrected chi connectivity index (χ0v) is 11.7. The molecular weight excluding hydrogens is 309 g/mol. The molecule has 0 saturated heterocycles. The van der Waals surface area contributed by atoms with Gasteiger partial charge in [0.1, 0.15) is 9.71 Å². The summed E-state index contributed by atoms with van der Waals surface area (Å²) >= 11 is 0.731. The van der Waals surface area contributed by atoms with Crippen LogP contribution in [-0.2, 0) is 4.79 Å². The number of fused-ring (bicyclic) bond motifs is 1. The first-order chi connectivity index (χ1) is 9.62. The molecule has 5 nitrogen and oxygen atoms in total. The van der Waals surface area contributed by atoms with E-state index in [0.717, 1.165) is 18.4 Å². The van der Waals surface area contributed by atoms with Crippen LogP contribution < -0.4 is 4.90 Å². The Kier molecular flexibility index (Phi) is 3.62. The van der Waals surface area contributed by atoms with Crippen molar-refractivity contribution in [2.75, 3.05) is 11.9 Å². The van der Waals surface area contributed by atoms with E-state index in [1.165, 1.54) is 12.1 Å². The van der Waals surface area contributed by atoms with Gasteiger partial charge >= 0.3 is 18.1 Å². The molecule has 0 bridgehead atoms. The molecule has 21 heavy (non-hydrogen) atoms. The van der Waals surface area contributed by atoms with E-state index >= 15 is 0 Å². The number of carboxylic acid groups (broad SMARTS) is 1. The number of carbonyl (C=O) groups is 2. The Bertz CT molecular complexity index is 739. The van der Waals surface area contributed by atoms with Gasteiger partial charge in [-0.3, -0.25) is 4.79 Å². The summed E-state index contributed by atoms with van der Waals surface area (Å²) in [5.41, 5.74) is 0.300. The van der Waals surface area contributed by atoms with Crippen molar-refractivity contribution in [1.29, 1.82) is 0 Å². The molecule has 1 N–H and O–H groups in total. The molecule has 2 rings (SSSR count). The van der Waals surface area contributed by atoms with Gasteiger partial charge in [0.2, 0.25) is 0 Å². The fraction of sp³-hybridized carbons (Fsp3) is 0.250. The molecule has 0 aromatic carbocycles. The lowest BCUT2D eigenvalue weighted by Gasteiger charge is -2.19. The molecule has 2 aromatic heterocycles. The highest BCUT2D eigenvalue weighted by Crippen LogP contribution is 2.38. The van der Waals surface area contributed by atoms with Gasteiger partial charge in [-0.25, -0.2) is 9.78 Å². The molecule has 0 spiro atoms. The first-order valence-electron chi connectivity index (χ1n) is 5.61. The van der Waals surface area contributed by atoms with Crippen molar-refractivity contribution >= 4 is 39.1 Å². The monoisotopic (exact) mass is 318 g/mol. The number of aryl methyl sites for hydroxylation is 1. The zero-order chi connectivity index (χ0) is 15.9. The minimum atomic E-state index is -5.09. The van der Waals surface area contributed by atoms with Crippen LogP contribution in [0.1, 0.15) is 15.4 Å². The SMILES string of the molecule is Cc1ccc2c(N(C)C(=O)C(F)(F)F)c(C(=O)O)sc2n1. The molecule has 0 fully saturated rings. The van der Waals surface area contributed by atoms with Crippen LogP contribution >= 0.6 is 11.3 Å². The summed E-state index contributed by atoms with van der Waals surface area (Å²) in [6, 6.07) is 2.99. The Morgan fingerprint density at radius 2 is 1.95 bits per heavy atom. The number of carbonyl (C=O) groups excluding carboxylic acids is 1. The summed E-state index contributed by atoms with van der Waals surface area (Å²) in [6.45, 7) is 1.67. The summed E-state index contributed by atoms with van der Waals surface area (Å²) in [5, 5.41) is 9.33. The maximum atomic E-state index is 12.5. The molecule has 112 valence electrons. The van der Waals surface area contributed by atoms with E-state index in [2.05, 4.69) is 4.98 Å². The molecule has 2 heterocycles. The summed E-state index contributed by atoms with van der Waals surface area (Å²) < 4.78 is 37.6. The van der Waals surface area contributed by atoms with Gasteiger partial charge in [-0.15, -0.1) is 11.3 Å². The standard InChI is InChI=1S/C12H9F3N2O3S/c1-5-3-4-6-7(17(2)11(20)12(13,14)15)8(10(18)19)21-9(6)16-5/h3-4H,1-2H3,(H,18,19). The number of amides is 1. The number of rotatable bonds is 2. The van der Waals surface area contributed by atoms with E-state index in [9.17, 15) is 22.8 Å². The Hall–Kier alpha value is -2.16. The largest absolute Gasteiger partial charge is 0.477 e. The number of anilines is 1. The number of carboxylic acids is 1. The molecule has 0 aliphatic rings. The van der Waals surface area contributed by atoms with Crippen molar-refractivity contribution in [3.05, 3.63) is 22.7 Å². The quantitative estimate of drug-likeness (QED) is 0.924. The number of halogens is 3. The lowest BCUT2D eigenvalue weighted by atomic mass is 10.2. The van der Waals surface area contributed by atoms with Crippen molar-refractivity contribution in [3.63, 3.8) is 0 Å². The van der Waals surface area contributed by atoms with Gasteiger partial charge in [-0.2, -0.15) is 13.2 Å². The van der Waals surface area contributed by atoms with Gasteiger partial charge in [0, 0.05) is 18.1 Å². The third-order valence-corrected chi connectivity index (χ3v) is 3.82. The van der Waals surface area contributed by atoms with Crippen molar-refractivity contribution in [2.24, 2.45) is 0 Å². The number of aromatic nitrogens is 1. The van der Waals surface area contributed by atoms with Crippen LogP contribution in [0.5, 0.6) is 0 Å². The number of thiophene rings is 1. The van der Waals surface area contributed by atoms with Gasteiger partial charge in [0.05, 0.1) is 5.69 Å². The Morgan fingerprint density at radius 3 is 2.48 bits per heavy atom. The highest BCUT2D eigenvalue weighted by Gasteiger charge is 2.43. The van der Waals surface area contributed by atoms with Crippen LogP contribution in [0.2, 0.25) is 0 Å². The molecule has 9 heteroatoms. The summed E-state index contributed by atoms with van der Waals surface area (Å²) in [4.78, 5) is 26.9. The summed E-state index contributed by atoms with van der Waals surface area (Å²) in [5.74, 6) is -3.54. The second kappa shape index (κ2) is 4.99. The number of aromatic carboxylic acids is 1. The van der Waals surface area contributed by atoms with Gasteiger partial charge in [0.25, 0.3) is 0 Å². The van der Waals surface area contributed by atoms with Gasteiger partial charge in [-0.1, -0.05) is 0 Å². The molecule has 1 amide bonds. The minimum absolute atomic E-state index is 0.197. The van der Waals surface area contributed by atoms with Crippen LogP contribution in [0.4, 0.5) is 18.9 Å². The predicted octanol–water partition coefficient (Wildman–Crippen LogP) is 2.83. The summed E-state index contributed by atoms with van der Waals surface area (Å²) in [7, 11) is 0.892. The Labute approximate surface area is 120 Å². The average molecular weight is 318 g/mol. The molecule has 0 aliphatic heterocycles. The third kappa shape index (κ3) is 2.68. The second-order valence-corrected chi connectivity index (χ2v) is 5.25. The minimum Gasteiger partial charge on any atom is -0.477 e. The van der Waals surface area contributed by atoms with Gasteiger partial charge in [-0.05, 0) is 19.1 Å².